The first kappa shape index (κ1) is 15.4. The molecule has 128 valence electrons. The van der Waals surface area contributed by atoms with Crippen LogP contribution in [0.25, 0.3) is 17.0 Å². The van der Waals surface area contributed by atoms with Crippen LogP contribution in [0, 0.1) is 0 Å². The first-order chi connectivity index (χ1) is 12.2. The van der Waals surface area contributed by atoms with Gasteiger partial charge in [0.15, 0.2) is 17.2 Å². The quantitative estimate of drug-likeness (QED) is 0.783. The van der Waals surface area contributed by atoms with Crippen molar-refractivity contribution in [2.45, 2.75) is 12.8 Å². The van der Waals surface area contributed by atoms with Crippen LogP contribution in [0.2, 0.25) is 0 Å². The molecule has 0 aliphatic carbocycles. The van der Waals surface area contributed by atoms with Crippen molar-refractivity contribution >= 4 is 23.2 Å². The number of nitrogens with zero attached hydrogens (tertiary/aromatic N) is 5. The van der Waals surface area contributed by atoms with Gasteiger partial charge < -0.3 is 10.1 Å². The third-order valence-electron chi connectivity index (χ3n) is 4.26. The van der Waals surface area contributed by atoms with Crippen LogP contribution in [0.15, 0.2) is 30.5 Å². The summed E-state index contributed by atoms with van der Waals surface area (Å²) in [6.07, 6.45) is 3.08. The summed E-state index contributed by atoms with van der Waals surface area (Å²) in [6.45, 7) is 0.644. The number of hydrogen-bond acceptors (Lipinski definition) is 6. The minimum Gasteiger partial charge on any atom is -0.493 e. The second-order valence-electron chi connectivity index (χ2n) is 5.76. The number of anilines is 2. The highest BCUT2D eigenvalue weighted by atomic mass is 16.5. The molecule has 8 heteroatoms. The van der Waals surface area contributed by atoms with Crippen molar-refractivity contribution in [1.82, 2.24) is 19.6 Å². The highest BCUT2D eigenvalue weighted by Gasteiger charge is 2.27. The van der Waals surface area contributed by atoms with Crippen molar-refractivity contribution in [1.29, 1.82) is 0 Å². The summed E-state index contributed by atoms with van der Waals surface area (Å²) in [7, 11) is 3.39. The fourth-order valence-corrected chi connectivity index (χ4v) is 2.99. The van der Waals surface area contributed by atoms with E-state index in [1.807, 2.05) is 25.2 Å². The average Bonchev–Trinajstić information content (AvgIpc) is 3.26. The molecule has 0 atom stereocenters. The maximum absolute atomic E-state index is 12.1. The number of pyridine rings is 1. The SMILES string of the molecule is CNc1cccc(-c2cnc3cc(OC)c(N4CCCC4=O)nn23)n1. The lowest BCUT2D eigenvalue weighted by atomic mass is 10.3. The molecule has 1 aliphatic rings. The van der Waals surface area contributed by atoms with Gasteiger partial charge in [-0.1, -0.05) is 6.07 Å². The molecule has 4 heterocycles. The number of carbonyl (C=O) groups excluding carboxylic acids is 1. The lowest BCUT2D eigenvalue weighted by Gasteiger charge is -2.17. The molecule has 0 radical (unpaired) electrons. The molecule has 4 rings (SSSR count). The first-order valence-corrected chi connectivity index (χ1v) is 8.09. The summed E-state index contributed by atoms with van der Waals surface area (Å²) < 4.78 is 7.13. The van der Waals surface area contributed by atoms with E-state index in [2.05, 4.69) is 20.4 Å². The highest BCUT2D eigenvalue weighted by molar-refractivity contribution is 5.95. The smallest absolute Gasteiger partial charge is 0.228 e. The summed E-state index contributed by atoms with van der Waals surface area (Å²) in [4.78, 5) is 22.8. The Hall–Kier alpha value is -3.16. The van der Waals surface area contributed by atoms with Crippen LogP contribution < -0.4 is 15.0 Å². The van der Waals surface area contributed by atoms with Crippen molar-refractivity contribution in [2.75, 3.05) is 30.9 Å². The van der Waals surface area contributed by atoms with E-state index in [0.29, 0.717) is 30.2 Å². The number of carbonyl (C=O) groups is 1. The predicted molar refractivity (Wildman–Crippen MR) is 93.9 cm³/mol. The van der Waals surface area contributed by atoms with Crippen molar-refractivity contribution < 1.29 is 9.53 Å². The van der Waals surface area contributed by atoms with E-state index in [9.17, 15) is 4.79 Å². The molecule has 0 bridgehead atoms. The number of nitrogens with one attached hydrogen (secondary N) is 1. The summed E-state index contributed by atoms with van der Waals surface area (Å²) in [5, 5.41) is 7.67. The number of amides is 1. The highest BCUT2D eigenvalue weighted by Crippen LogP contribution is 2.31. The van der Waals surface area contributed by atoms with Crippen LogP contribution in [-0.4, -0.2) is 46.2 Å². The second kappa shape index (κ2) is 6.04. The van der Waals surface area contributed by atoms with Gasteiger partial charge in [-0.2, -0.15) is 0 Å². The number of hydrogen-bond donors (Lipinski definition) is 1. The third-order valence-corrected chi connectivity index (χ3v) is 4.26. The summed E-state index contributed by atoms with van der Waals surface area (Å²) in [5.41, 5.74) is 2.14. The van der Waals surface area contributed by atoms with Crippen molar-refractivity contribution in [2.24, 2.45) is 0 Å². The van der Waals surface area contributed by atoms with Crippen LogP contribution in [0.4, 0.5) is 11.6 Å². The molecule has 0 spiro atoms. The number of ether oxygens (including phenoxy) is 1. The van der Waals surface area contributed by atoms with Crippen molar-refractivity contribution in [3.63, 3.8) is 0 Å². The number of rotatable bonds is 4. The molecule has 8 nitrogen and oxygen atoms in total. The molecule has 3 aromatic rings. The Bertz CT molecular complexity index is 951. The molecule has 0 saturated carbocycles. The normalized spacial score (nSPS) is 14.3. The van der Waals surface area contributed by atoms with Gasteiger partial charge in [0.05, 0.1) is 19.0 Å². The number of fused-ring (bicyclic) bond motifs is 1. The summed E-state index contributed by atoms with van der Waals surface area (Å²) >= 11 is 0. The van der Waals surface area contributed by atoms with Gasteiger partial charge in [0.1, 0.15) is 11.5 Å². The van der Waals surface area contributed by atoms with E-state index in [0.717, 1.165) is 23.6 Å². The Kier molecular flexibility index (Phi) is 3.72. The van der Waals surface area contributed by atoms with Gasteiger partial charge in [-0.05, 0) is 18.6 Å². The van der Waals surface area contributed by atoms with E-state index >= 15 is 0 Å². The minimum atomic E-state index is 0.0575. The lowest BCUT2D eigenvalue weighted by Crippen LogP contribution is -2.26. The van der Waals surface area contributed by atoms with Gasteiger partial charge in [0.2, 0.25) is 5.91 Å². The second-order valence-corrected chi connectivity index (χ2v) is 5.76. The van der Waals surface area contributed by atoms with Crippen LogP contribution in [0.1, 0.15) is 12.8 Å². The number of aromatic nitrogens is 4. The zero-order chi connectivity index (χ0) is 17.4. The molecule has 0 aromatic carbocycles. The van der Waals surface area contributed by atoms with Crippen molar-refractivity contribution in [3.05, 3.63) is 30.5 Å². The van der Waals surface area contributed by atoms with E-state index in [-0.39, 0.29) is 5.91 Å². The summed E-state index contributed by atoms with van der Waals surface area (Å²) in [6, 6.07) is 7.50. The number of imidazole rings is 1. The molecule has 1 aliphatic heterocycles. The maximum Gasteiger partial charge on any atom is 0.228 e. The fourth-order valence-electron chi connectivity index (χ4n) is 2.99. The molecular formula is C17H18N6O2. The Labute approximate surface area is 144 Å². The van der Waals surface area contributed by atoms with Crippen LogP contribution in [0.5, 0.6) is 5.75 Å². The molecule has 0 unspecified atom stereocenters. The van der Waals surface area contributed by atoms with E-state index in [4.69, 9.17) is 4.74 Å². The maximum atomic E-state index is 12.1. The van der Waals surface area contributed by atoms with E-state index < -0.39 is 0 Å². The Morgan fingerprint density at radius 2 is 2.20 bits per heavy atom. The molecule has 1 fully saturated rings. The van der Waals surface area contributed by atoms with Gasteiger partial charge in [0.25, 0.3) is 0 Å². The van der Waals surface area contributed by atoms with Crippen LogP contribution in [-0.2, 0) is 4.79 Å². The zero-order valence-corrected chi connectivity index (χ0v) is 14.1. The monoisotopic (exact) mass is 338 g/mol. The van der Waals surface area contributed by atoms with E-state index in [1.165, 1.54) is 0 Å². The Morgan fingerprint density at radius 1 is 1.32 bits per heavy atom. The molecule has 1 saturated heterocycles. The predicted octanol–water partition coefficient (Wildman–Crippen LogP) is 1.97. The topological polar surface area (TPSA) is 84.7 Å². The Morgan fingerprint density at radius 3 is 2.92 bits per heavy atom. The van der Waals surface area contributed by atoms with Gasteiger partial charge in [0, 0.05) is 26.1 Å². The standard InChI is InChI=1S/C17H18N6O2/c1-18-14-6-3-5-11(20-14)12-10-19-15-9-13(25-2)17(21-23(12)15)22-8-4-7-16(22)24/h3,5-6,9-10H,4,7-8H2,1-2H3,(H,18,20). The molecule has 3 aromatic heterocycles. The molecule has 25 heavy (non-hydrogen) atoms. The van der Waals surface area contributed by atoms with Gasteiger partial charge in [-0.25, -0.2) is 14.5 Å². The average molecular weight is 338 g/mol. The minimum absolute atomic E-state index is 0.0575. The third kappa shape index (κ3) is 2.55. The fraction of sp³-hybridized carbons (Fsp3) is 0.294. The first-order valence-electron chi connectivity index (χ1n) is 8.09. The van der Waals surface area contributed by atoms with Gasteiger partial charge >= 0.3 is 0 Å². The Balaban J connectivity index is 1.88. The molecule has 1 N–H and O–H groups in total. The zero-order valence-electron chi connectivity index (χ0n) is 14.1. The largest absolute Gasteiger partial charge is 0.493 e. The molecule has 1 amide bonds. The summed E-state index contributed by atoms with van der Waals surface area (Å²) in [5.74, 6) is 1.87. The van der Waals surface area contributed by atoms with E-state index in [1.54, 1.807) is 28.8 Å². The number of methoxy groups -OCH3 is 1. The lowest BCUT2D eigenvalue weighted by molar-refractivity contribution is -0.117. The van der Waals surface area contributed by atoms with Crippen molar-refractivity contribution in [3.8, 4) is 17.1 Å². The molecular weight excluding hydrogens is 320 g/mol. The van der Waals surface area contributed by atoms with Gasteiger partial charge in [-0.15, -0.1) is 5.10 Å². The van der Waals surface area contributed by atoms with Crippen LogP contribution >= 0.6 is 0 Å². The van der Waals surface area contributed by atoms with Crippen LogP contribution in [0.3, 0.4) is 0 Å². The van der Waals surface area contributed by atoms with Gasteiger partial charge in [-0.3, -0.25) is 9.69 Å².